The molecular weight excluding hydrogens is 588 g/mol. The average Bonchev–Trinajstić information content (AvgIpc) is 2.99. The van der Waals surface area contributed by atoms with E-state index in [-0.39, 0.29) is 30.3 Å². The van der Waals surface area contributed by atoms with Gasteiger partial charge in [-0.1, -0.05) is 12.1 Å². The van der Waals surface area contributed by atoms with E-state index in [4.69, 9.17) is 23.7 Å². The monoisotopic (exact) mass is 624 g/mol. The number of hydrogen-bond donors (Lipinski definition) is 9. The number of benzene rings is 2. The Hall–Kier alpha value is -3.51. The van der Waals surface area contributed by atoms with Crippen LogP contribution in [-0.4, -0.2) is 127 Å². The molecule has 2 aliphatic heterocycles. The molecule has 0 saturated carbocycles. The Kier molecular flexibility index (Phi) is 11.0. The predicted octanol–water partition coefficient (Wildman–Crippen LogP) is -1.02. The van der Waals surface area contributed by atoms with Crippen molar-refractivity contribution < 1.29 is 74.4 Å². The third-order valence-corrected chi connectivity index (χ3v) is 7.25. The highest BCUT2D eigenvalue weighted by Crippen LogP contribution is 2.29. The second-order valence-corrected chi connectivity index (χ2v) is 10.5. The number of hydrogen-bond acceptors (Lipinski definition) is 15. The molecule has 15 nitrogen and oxygen atoms in total. The Morgan fingerprint density at radius 2 is 1.41 bits per heavy atom. The number of rotatable bonds is 10. The molecule has 9 N–H and O–H groups in total. The summed E-state index contributed by atoms with van der Waals surface area (Å²) in [7, 11) is 0. The summed E-state index contributed by atoms with van der Waals surface area (Å²) in [5.41, 5.74) is 0.927. The molecule has 15 heteroatoms. The zero-order valence-electron chi connectivity index (χ0n) is 23.5. The number of carbonyl (C=O) groups is 1. The molecule has 44 heavy (non-hydrogen) atoms. The van der Waals surface area contributed by atoms with Gasteiger partial charge in [-0.05, 0) is 54.8 Å². The molecule has 0 aliphatic carbocycles. The Morgan fingerprint density at radius 1 is 0.773 bits per heavy atom. The molecule has 0 radical (unpaired) electrons. The number of aromatic hydroxyl groups is 4. The minimum Gasteiger partial charge on any atom is -0.504 e. The SMILES string of the molecule is C[C@@H]1OC(OC[C@H]2O[C@@H](OCCc3ccc(O)c(O)c3)[C@H](O)[C@@H](O)[C@@H]2OC(=O)/C=C/c2ccc(O)c(O)c2)[C@H](O)[C@H](O)[C@H]1O. The summed E-state index contributed by atoms with van der Waals surface area (Å²) in [6.07, 6.45) is -12.2. The van der Waals surface area contributed by atoms with Crippen LogP contribution < -0.4 is 0 Å². The Bertz CT molecular complexity index is 1300. The lowest BCUT2D eigenvalue weighted by molar-refractivity contribution is -0.328. The van der Waals surface area contributed by atoms with Crippen molar-refractivity contribution in [2.45, 2.75) is 74.8 Å². The minimum absolute atomic E-state index is 0.0645. The molecular formula is C29H36O15. The van der Waals surface area contributed by atoms with Gasteiger partial charge in [-0.2, -0.15) is 0 Å². The first kappa shape index (κ1) is 33.4. The molecule has 2 aromatic rings. The fourth-order valence-corrected chi connectivity index (χ4v) is 4.66. The first-order valence-corrected chi connectivity index (χ1v) is 13.7. The van der Waals surface area contributed by atoms with Gasteiger partial charge in [-0.25, -0.2) is 4.79 Å². The Morgan fingerprint density at radius 3 is 2.09 bits per heavy atom. The van der Waals surface area contributed by atoms with Gasteiger partial charge < -0.3 is 69.6 Å². The van der Waals surface area contributed by atoms with Crippen LogP contribution >= 0.6 is 0 Å². The molecule has 4 rings (SSSR count). The highest BCUT2D eigenvalue weighted by molar-refractivity contribution is 5.87. The van der Waals surface area contributed by atoms with Gasteiger partial charge in [-0.3, -0.25) is 0 Å². The van der Waals surface area contributed by atoms with Gasteiger partial charge in [0.25, 0.3) is 0 Å². The van der Waals surface area contributed by atoms with Crippen LogP contribution in [0.2, 0.25) is 0 Å². The third kappa shape index (κ3) is 7.95. The van der Waals surface area contributed by atoms with Gasteiger partial charge in [0.2, 0.25) is 0 Å². The van der Waals surface area contributed by atoms with Crippen LogP contribution in [0.4, 0.5) is 0 Å². The molecule has 2 aromatic carbocycles. The number of phenols is 4. The van der Waals surface area contributed by atoms with Crippen LogP contribution in [0, 0.1) is 0 Å². The summed E-state index contributed by atoms with van der Waals surface area (Å²) in [6, 6.07) is 8.00. The van der Waals surface area contributed by atoms with Crippen molar-refractivity contribution in [2.75, 3.05) is 13.2 Å². The van der Waals surface area contributed by atoms with E-state index in [0.29, 0.717) is 11.1 Å². The van der Waals surface area contributed by atoms with Crippen molar-refractivity contribution in [1.29, 1.82) is 0 Å². The van der Waals surface area contributed by atoms with Crippen LogP contribution in [0.5, 0.6) is 23.0 Å². The molecule has 0 amide bonds. The largest absolute Gasteiger partial charge is 0.504 e. The first-order chi connectivity index (χ1) is 20.8. The average molecular weight is 625 g/mol. The van der Waals surface area contributed by atoms with Gasteiger partial charge in [0.15, 0.2) is 41.7 Å². The van der Waals surface area contributed by atoms with Crippen molar-refractivity contribution >= 4 is 12.0 Å². The highest BCUT2D eigenvalue weighted by atomic mass is 16.7. The van der Waals surface area contributed by atoms with Crippen LogP contribution in [0.1, 0.15) is 18.1 Å². The standard InChI is InChI=1S/C29H36O15/c1-13-22(35)23(36)25(38)29(42-13)41-12-20-27(44-21(34)7-4-14-2-5-16(30)18(32)10-14)24(37)26(39)28(43-20)40-9-8-15-3-6-17(31)19(33)11-15/h2-7,10-11,13,20,22-33,35-39H,8-9,12H2,1H3/b7-4+/t13-,20+,22-,23+,24+,25+,26+,27+,28+,29?/m0/s1. The molecule has 2 fully saturated rings. The van der Waals surface area contributed by atoms with E-state index in [1.807, 2.05) is 0 Å². The zero-order valence-corrected chi connectivity index (χ0v) is 23.5. The first-order valence-electron chi connectivity index (χ1n) is 13.7. The van der Waals surface area contributed by atoms with Crippen molar-refractivity contribution in [2.24, 2.45) is 0 Å². The number of ether oxygens (including phenoxy) is 5. The summed E-state index contributed by atoms with van der Waals surface area (Å²) < 4.78 is 27.8. The van der Waals surface area contributed by atoms with Crippen LogP contribution in [0.15, 0.2) is 42.5 Å². The lowest BCUT2D eigenvalue weighted by Crippen LogP contribution is -2.62. The summed E-state index contributed by atoms with van der Waals surface area (Å²) >= 11 is 0. The maximum absolute atomic E-state index is 12.7. The van der Waals surface area contributed by atoms with E-state index in [0.717, 1.165) is 6.08 Å². The molecule has 1 unspecified atom stereocenters. The van der Waals surface area contributed by atoms with Crippen molar-refractivity contribution in [1.82, 2.24) is 0 Å². The maximum atomic E-state index is 12.7. The fourth-order valence-electron chi connectivity index (χ4n) is 4.66. The smallest absolute Gasteiger partial charge is 0.331 e. The van der Waals surface area contributed by atoms with Crippen molar-refractivity contribution in [3.8, 4) is 23.0 Å². The molecule has 0 bridgehead atoms. The zero-order chi connectivity index (χ0) is 32.1. The molecule has 242 valence electrons. The summed E-state index contributed by atoms with van der Waals surface area (Å²) in [5, 5.41) is 90.3. The van der Waals surface area contributed by atoms with Crippen molar-refractivity contribution in [3.05, 3.63) is 53.6 Å². The van der Waals surface area contributed by atoms with E-state index in [1.165, 1.54) is 43.3 Å². The summed E-state index contributed by atoms with van der Waals surface area (Å²) in [6.45, 7) is 0.890. The topological polar surface area (TPSA) is 245 Å². The van der Waals surface area contributed by atoms with Gasteiger partial charge >= 0.3 is 5.97 Å². The summed E-state index contributed by atoms with van der Waals surface area (Å²) in [5.74, 6) is -2.37. The molecule has 2 heterocycles. The molecule has 2 aliphatic rings. The molecule has 10 atom stereocenters. The van der Waals surface area contributed by atoms with Crippen LogP contribution in [-0.2, 0) is 34.9 Å². The lowest BCUT2D eigenvalue weighted by Gasteiger charge is -2.43. The maximum Gasteiger partial charge on any atom is 0.331 e. The fraction of sp³-hybridized carbons (Fsp3) is 0.483. The van der Waals surface area contributed by atoms with E-state index < -0.39 is 79.7 Å². The van der Waals surface area contributed by atoms with Gasteiger partial charge in [0, 0.05) is 6.08 Å². The van der Waals surface area contributed by atoms with E-state index in [9.17, 15) is 50.8 Å². The number of aliphatic hydroxyl groups excluding tert-OH is 5. The van der Waals surface area contributed by atoms with Gasteiger partial charge in [-0.15, -0.1) is 0 Å². The minimum atomic E-state index is -1.75. The second kappa shape index (κ2) is 14.5. The number of phenolic OH excluding ortho intramolecular Hbond substituents is 4. The van der Waals surface area contributed by atoms with Crippen molar-refractivity contribution in [3.63, 3.8) is 0 Å². The Labute approximate surface area is 251 Å². The van der Waals surface area contributed by atoms with Gasteiger partial charge in [0.05, 0.1) is 19.3 Å². The summed E-state index contributed by atoms with van der Waals surface area (Å²) in [4.78, 5) is 12.7. The second-order valence-electron chi connectivity index (χ2n) is 10.5. The normalized spacial score (nSPS) is 32.5. The Balaban J connectivity index is 1.45. The van der Waals surface area contributed by atoms with E-state index in [1.54, 1.807) is 6.07 Å². The van der Waals surface area contributed by atoms with Crippen LogP contribution in [0.25, 0.3) is 6.08 Å². The number of carbonyl (C=O) groups excluding carboxylic acids is 1. The quantitative estimate of drug-likeness (QED) is 0.0873. The number of aliphatic hydroxyl groups is 5. The molecule has 0 aromatic heterocycles. The molecule has 2 saturated heterocycles. The highest BCUT2D eigenvalue weighted by Gasteiger charge is 2.49. The number of esters is 1. The van der Waals surface area contributed by atoms with E-state index >= 15 is 0 Å². The third-order valence-electron chi connectivity index (χ3n) is 7.25. The van der Waals surface area contributed by atoms with Crippen LogP contribution in [0.3, 0.4) is 0 Å². The van der Waals surface area contributed by atoms with E-state index in [2.05, 4.69) is 0 Å². The lowest BCUT2D eigenvalue weighted by atomic mass is 9.98. The van der Waals surface area contributed by atoms with Gasteiger partial charge in [0.1, 0.15) is 36.6 Å². The molecule has 0 spiro atoms. The predicted molar refractivity (Wildman–Crippen MR) is 147 cm³/mol.